The molecule has 3 aliphatic heterocycles. The van der Waals surface area contributed by atoms with Gasteiger partial charge in [0.1, 0.15) is 49.0 Å². The van der Waals surface area contributed by atoms with Crippen molar-refractivity contribution < 1.29 is 82.4 Å². The fraction of sp³-hybridized carbons (Fsp3) is 0.745. The minimum Gasteiger partial charge on any atom is -0.460 e. The molecule has 73 heavy (non-hydrogen) atoms. The average molecular weight is 1030 g/mol. The number of hydrogen-bond acceptors (Lipinski definition) is 17. The number of rotatable bonds is 10. The standard InChI is InChI=1S/C55H85NO17/c1-32-16-12-11-13-17-33(2)45(67-8)28-41-21-19-38(7)55(66,73-41)51(62)52(63)56-23-15-14-18-42(56)53(64)71-46(29-43(59)34(3)25-37(6)49(61)50(69-10)48(60)36(5)24-32)35(4)26-39-20-22-44(47(27-39)68-9)72-54(65)70-31-40(58)30-57/h11-13,16-17,25,32,34-36,38-42,44-47,49-50,57-58,61,66H,14-15,18-24,26-31H2,1-10H3/t32-,34-,35-,36-,38-,39+,40?,41?,42?,44-,45+,46+,47-,49-,50+,55-/m1/s1. The van der Waals surface area contributed by atoms with E-state index < -0.39 is 121 Å². The highest BCUT2D eigenvalue weighted by Crippen LogP contribution is 2.38. The van der Waals surface area contributed by atoms with E-state index in [1.165, 1.54) is 14.2 Å². The first-order chi connectivity index (χ1) is 34.6. The Labute approximate surface area is 431 Å². The fourth-order valence-corrected chi connectivity index (χ4v) is 10.6. The molecule has 3 heterocycles. The number of nitrogens with zero attached hydrogens (tertiary/aromatic N) is 1. The lowest BCUT2D eigenvalue weighted by atomic mass is 9.78. The van der Waals surface area contributed by atoms with Crippen LogP contribution in [0.1, 0.15) is 126 Å². The number of ketones is 3. The van der Waals surface area contributed by atoms with E-state index in [0.717, 1.165) is 10.5 Å². The maximum atomic E-state index is 14.5. The van der Waals surface area contributed by atoms with Gasteiger partial charge in [0, 0.05) is 58.5 Å². The molecular weight excluding hydrogens is 947 g/mol. The number of piperidine rings is 1. The summed E-state index contributed by atoms with van der Waals surface area (Å²) >= 11 is 0. The molecule has 0 radical (unpaired) electrons. The Hall–Kier alpha value is -4.14. The minimum atomic E-state index is -2.47. The lowest BCUT2D eigenvalue weighted by Crippen LogP contribution is -2.61. The maximum Gasteiger partial charge on any atom is 0.508 e. The molecule has 0 spiro atoms. The molecule has 0 aromatic heterocycles. The van der Waals surface area contributed by atoms with E-state index in [1.807, 2.05) is 51.2 Å². The van der Waals surface area contributed by atoms with Crippen LogP contribution in [0.2, 0.25) is 0 Å². The first-order valence-electron chi connectivity index (χ1n) is 26.2. The summed E-state index contributed by atoms with van der Waals surface area (Å²) in [5.74, 6) is -8.66. The van der Waals surface area contributed by atoms with E-state index >= 15 is 0 Å². The van der Waals surface area contributed by atoms with Gasteiger partial charge in [-0.25, -0.2) is 9.59 Å². The van der Waals surface area contributed by atoms with Crippen LogP contribution in [0.3, 0.4) is 0 Å². The summed E-state index contributed by atoms with van der Waals surface area (Å²) in [5.41, 5.74) is 1.21. The van der Waals surface area contributed by atoms with Crippen LogP contribution in [0.15, 0.2) is 47.6 Å². The van der Waals surface area contributed by atoms with Crippen LogP contribution in [0.25, 0.3) is 0 Å². The van der Waals surface area contributed by atoms with E-state index in [1.54, 1.807) is 40.9 Å². The highest BCUT2D eigenvalue weighted by Gasteiger charge is 2.53. The van der Waals surface area contributed by atoms with Crippen molar-refractivity contribution in [2.24, 2.45) is 35.5 Å². The number of methoxy groups -OCH3 is 3. The van der Waals surface area contributed by atoms with Crippen LogP contribution in [0.5, 0.6) is 0 Å². The predicted molar refractivity (Wildman–Crippen MR) is 268 cm³/mol. The lowest BCUT2D eigenvalue weighted by molar-refractivity contribution is -0.265. The van der Waals surface area contributed by atoms with Crippen molar-refractivity contribution in [3.05, 3.63) is 47.6 Å². The topological polar surface area (TPSA) is 251 Å². The summed E-state index contributed by atoms with van der Waals surface area (Å²) in [4.78, 5) is 84.8. The number of amides is 1. The third-order valence-electron chi connectivity index (χ3n) is 15.3. The van der Waals surface area contributed by atoms with Gasteiger partial charge < -0.3 is 58.5 Å². The zero-order valence-corrected chi connectivity index (χ0v) is 44.8. The molecule has 18 heteroatoms. The van der Waals surface area contributed by atoms with Crippen molar-refractivity contribution in [2.75, 3.05) is 41.1 Å². The summed E-state index contributed by atoms with van der Waals surface area (Å²) in [6.07, 6.45) is 7.39. The van der Waals surface area contributed by atoms with Gasteiger partial charge in [-0.3, -0.25) is 19.2 Å². The first-order valence-corrected chi connectivity index (χ1v) is 26.2. The molecule has 16 atom stereocenters. The van der Waals surface area contributed by atoms with E-state index in [-0.39, 0.29) is 49.2 Å². The van der Waals surface area contributed by atoms with E-state index in [0.29, 0.717) is 63.4 Å². The van der Waals surface area contributed by atoms with Crippen molar-refractivity contribution in [1.29, 1.82) is 0 Å². The number of Topliss-reactive ketones (excluding diaryl/α,β-unsaturated/α-hetero) is 3. The van der Waals surface area contributed by atoms with Crippen LogP contribution in [-0.4, -0.2) is 162 Å². The molecule has 2 bridgehead atoms. The van der Waals surface area contributed by atoms with Crippen molar-refractivity contribution in [3.63, 3.8) is 0 Å². The number of esters is 1. The van der Waals surface area contributed by atoms with Crippen LogP contribution in [0.4, 0.5) is 4.79 Å². The molecule has 1 aliphatic carbocycles. The summed E-state index contributed by atoms with van der Waals surface area (Å²) in [6, 6.07) is -1.20. The zero-order valence-electron chi connectivity index (χ0n) is 44.8. The normalized spacial score (nSPS) is 35.3. The van der Waals surface area contributed by atoms with E-state index in [2.05, 4.69) is 0 Å². The number of aliphatic hydroxyl groups is 4. The first kappa shape index (κ1) is 61.4. The number of allylic oxidation sites excluding steroid dienone is 6. The molecule has 0 aromatic rings. The molecule has 3 unspecified atom stereocenters. The van der Waals surface area contributed by atoms with Gasteiger partial charge in [-0.05, 0) is 107 Å². The third-order valence-corrected chi connectivity index (χ3v) is 15.3. The molecule has 1 amide bonds. The van der Waals surface area contributed by atoms with Gasteiger partial charge in [0.2, 0.25) is 5.79 Å². The van der Waals surface area contributed by atoms with Crippen LogP contribution < -0.4 is 0 Å². The quantitative estimate of drug-likeness (QED) is 0.116. The maximum absolute atomic E-state index is 14.5. The Morgan fingerprint density at radius 1 is 0.877 bits per heavy atom. The fourth-order valence-electron chi connectivity index (χ4n) is 10.6. The van der Waals surface area contributed by atoms with Gasteiger partial charge in [0.25, 0.3) is 11.7 Å². The molecule has 4 aliphatic rings. The second kappa shape index (κ2) is 29.2. The molecule has 4 rings (SSSR count). The van der Waals surface area contributed by atoms with Gasteiger partial charge >= 0.3 is 12.1 Å². The van der Waals surface area contributed by atoms with Crippen LogP contribution >= 0.6 is 0 Å². The van der Waals surface area contributed by atoms with E-state index in [4.69, 9.17) is 38.3 Å². The second-order valence-electron chi connectivity index (χ2n) is 21.1. The molecule has 18 nitrogen and oxygen atoms in total. The van der Waals surface area contributed by atoms with Crippen molar-refractivity contribution in [2.45, 2.75) is 186 Å². The average Bonchev–Trinajstić information content (AvgIpc) is 3.37. The van der Waals surface area contributed by atoms with Gasteiger partial charge in [-0.1, -0.05) is 71.1 Å². The van der Waals surface area contributed by atoms with Crippen molar-refractivity contribution >= 4 is 35.4 Å². The smallest absolute Gasteiger partial charge is 0.460 e. The molecule has 2 saturated heterocycles. The zero-order chi connectivity index (χ0) is 54.2. The summed E-state index contributed by atoms with van der Waals surface area (Å²) in [6.45, 7) is 11.5. The number of carbonyl (C=O) groups excluding carboxylic acids is 6. The summed E-state index contributed by atoms with van der Waals surface area (Å²) in [5, 5.41) is 42.2. The number of carbonyl (C=O) groups is 6. The lowest BCUT2D eigenvalue weighted by Gasteiger charge is -2.42. The summed E-state index contributed by atoms with van der Waals surface area (Å²) in [7, 11) is 4.41. The monoisotopic (exact) mass is 1030 g/mol. The molecule has 1 saturated carbocycles. The number of fused-ring (bicyclic) bond motifs is 3. The minimum absolute atomic E-state index is 0.00856. The summed E-state index contributed by atoms with van der Waals surface area (Å²) < 4.78 is 40.0. The predicted octanol–water partition coefficient (Wildman–Crippen LogP) is 5.69. The van der Waals surface area contributed by atoms with Crippen molar-refractivity contribution in [1.82, 2.24) is 4.90 Å². The van der Waals surface area contributed by atoms with Gasteiger partial charge in [0.15, 0.2) is 5.78 Å². The molecule has 4 N–H and O–H groups in total. The van der Waals surface area contributed by atoms with Crippen molar-refractivity contribution in [3.8, 4) is 0 Å². The van der Waals surface area contributed by atoms with Crippen LogP contribution in [0, 0.1) is 35.5 Å². The largest absolute Gasteiger partial charge is 0.508 e. The Bertz CT molecular complexity index is 1980. The van der Waals surface area contributed by atoms with E-state index in [9.17, 15) is 44.1 Å². The van der Waals surface area contributed by atoms with Crippen LogP contribution in [-0.2, 0) is 57.1 Å². The van der Waals surface area contributed by atoms with Gasteiger partial charge in [-0.15, -0.1) is 0 Å². The SMILES string of the molecule is CO[C@H]1CC2CC[C@@H](C)[C@@](O)(O2)C(=O)C(=O)N2CCCCC2C(=O)O[C@H]([C@H](C)C[C@@H]2CC[C@@H](OC(=O)OCC(O)CO)[C@H](OC)C2)CC(=O)[C@H](C)C=C(C)[C@@H](O)[C@@H](OC)C(=O)[C@H](C)C[C@H](C)C=CC=CC=C1C. The highest BCUT2D eigenvalue weighted by molar-refractivity contribution is 6.39. The number of ether oxygens (including phenoxy) is 7. The number of cyclic esters (lactones) is 1. The Balaban J connectivity index is 1.67. The number of hydrogen-bond donors (Lipinski definition) is 4. The molecule has 412 valence electrons. The molecule has 3 fully saturated rings. The number of aliphatic hydroxyl groups excluding tert-OH is 3. The highest BCUT2D eigenvalue weighted by atomic mass is 16.7. The Morgan fingerprint density at radius 3 is 2.27 bits per heavy atom. The van der Waals surface area contributed by atoms with Gasteiger partial charge in [-0.2, -0.15) is 0 Å². The molecular formula is C55H85NO17. The Kier molecular flexibility index (Phi) is 24.6. The van der Waals surface area contributed by atoms with Gasteiger partial charge in [0.05, 0.1) is 24.9 Å². The second-order valence-corrected chi connectivity index (χ2v) is 21.1. The third kappa shape index (κ3) is 17.2. The Morgan fingerprint density at radius 2 is 1.60 bits per heavy atom. The molecule has 0 aromatic carbocycles.